The Morgan fingerprint density at radius 2 is 2.05 bits per heavy atom. The van der Waals surface area contributed by atoms with Gasteiger partial charge in [0.25, 0.3) is 0 Å². The Bertz CT molecular complexity index is 612. The minimum absolute atomic E-state index is 0.00428. The van der Waals surface area contributed by atoms with Gasteiger partial charge in [0.15, 0.2) is 11.2 Å². The van der Waals surface area contributed by atoms with Gasteiger partial charge < -0.3 is 16.2 Å². The number of benzene rings is 1. The molecule has 0 radical (unpaired) electrons. The Kier molecular flexibility index (Phi) is 4.31. The third-order valence-corrected chi connectivity index (χ3v) is 3.32. The molecule has 0 bridgehead atoms. The van der Waals surface area contributed by atoms with E-state index in [0.717, 1.165) is 0 Å². The van der Waals surface area contributed by atoms with Crippen LogP contribution in [-0.2, 0) is 16.0 Å². The second kappa shape index (κ2) is 6.16. The maximum atomic E-state index is 11.9. The molecule has 1 aromatic carbocycles. The summed E-state index contributed by atoms with van der Waals surface area (Å²) < 4.78 is 0. The Balaban J connectivity index is 2.05. The first-order valence-electron chi connectivity index (χ1n) is 5.83. The number of amides is 1. The largest absolute Gasteiger partial charge is 0.479 e. The number of hydrogen-bond donors (Lipinski definition) is 3. The van der Waals surface area contributed by atoms with Gasteiger partial charge in [-0.15, -0.1) is 11.3 Å². The second-order valence-electron chi connectivity index (χ2n) is 4.10. The Morgan fingerprint density at radius 1 is 1.35 bits per heavy atom. The number of hydrogen-bond acceptors (Lipinski definition) is 5. The maximum absolute atomic E-state index is 11.9. The van der Waals surface area contributed by atoms with Crippen LogP contribution in [0.1, 0.15) is 17.3 Å². The van der Waals surface area contributed by atoms with E-state index in [2.05, 4.69) is 10.3 Å². The number of carbonyl (C=O) groups is 2. The SMILES string of the molecule is Nc1nc(CC(=O)NC(C(=O)O)c2ccccc2)cs1. The summed E-state index contributed by atoms with van der Waals surface area (Å²) in [5.41, 5.74) is 6.53. The van der Waals surface area contributed by atoms with Crippen LogP contribution in [0, 0.1) is 0 Å². The minimum atomic E-state index is -1.11. The summed E-state index contributed by atoms with van der Waals surface area (Å²) in [7, 11) is 0. The molecule has 0 saturated heterocycles. The molecule has 0 saturated carbocycles. The number of carboxylic acid groups (broad SMARTS) is 1. The molecule has 0 aliphatic rings. The zero-order chi connectivity index (χ0) is 14.5. The van der Waals surface area contributed by atoms with E-state index in [1.165, 1.54) is 11.3 Å². The van der Waals surface area contributed by atoms with Gasteiger partial charge in [-0.2, -0.15) is 0 Å². The minimum Gasteiger partial charge on any atom is -0.479 e. The van der Waals surface area contributed by atoms with Gasteiger partial charge >= 0.3 is 5.97 Å². The van der Waals surface area contributed by atoms with E-state index in [4.69, 9.17) is 5.73 Å². The topological polar surface area (TPSA) is 105 Å². The summed E-state index contributed by atoms with van der Waals surface area (Å²) in [6, 6.07) is 7.46. The molecular formula is C13H13N3O3S. The number of carbonyl (C=O) groups excluding carboxylic acids is 1. The number of nitrogens with one attached hydrogen (secondary N) is 1. The van der Waals surface area contributed by atoms with Crippen molar-refractivity contribution in [3.8, 4) is 0 Å². The normalized spacial score (nSPS) is 11.8. The predicted molar refractivity (Wildman–Crippen MR) is 75.2 cm³/mol. The van der Waals surface area contributed by atoms with Crippen molar-refractivity contribution < 1.29 is 14.7 Å². The van der Waals surface area contributed by atoms with Gasteiger partial charge in [0, 0.05) is 5.38 Å². The molecule has 1 heterocycles. The third kappa shape index (κ3) is 3.55. The van der Waals surface area contributed by atoms with Gasteiger partial charge in [0.2, 0.25) is 5.91 Å². The summed E-state index contributed by atoms with van der Waals surface area (Å²) in [6.07, 6.45) is 0.00428. The van der Waals surface area contributed by atoms with Crippen molar-refractivity contribution >= 4 is 28.3 Å². The number of aromatic nitrogens is 1. The first-order chi connectivity index (χ1) is 9.56. The first-order valence-corrected chi connectivity index (χ1v) is 6.71. The fourth-order valence-corrected chi connectivity index (χ4v) is 2.28. The maximum Gasteiger partial charge on any atom is 0.330 e. The molecule has 7 heteroatoms. The van der Waals surface area contributed by atoms with Crippen LogP contribution in [0.25, 0.3) is 0 Å². The molecule has 1 aromatic heterocycles. The van der Waals surface area contributed by atoms with Crippen LogP contribution in [0.3, 0.4) is 0 Å². The number of nitrogens with zero attached hydrogens (tertiary/aromatic N) is 1. The van der Waals surface area contributed by atoms with Gasteiger partial charge in [-0.3, -0.25) is 4.79 Å². The molecule has 6 nitrogen and oxygen atoms in total. The molecule has 2 rings (SSSR count). The van der Waals surface area contributed by atoms with Crippen LogP contribution in [-0.4, -0.2) is 22.0 Å². The molecule has 0 aliphatic heterocycles. The number of nitrogens with two attached hydrogens (primary N) is 1. The van der Waals surface area contributed by atoms with Crippen molar-refractivity contribution in [2.24, 2.45) is 0 Å². The lowest BCUT2D eigenvalue weighted by molar-refractivity contribution is -0.142. The lowest BCUT2D eigenvalue weighted by atomic mass is 10.1. The third-order valence-electron chi connectivity index (χ3n) is 2.60. The first kappa shape index (κ1) is 14.0. The van der Waals surface area contributed by atoms with E-state index in [1.807, 2.05) is 0 Å². The quantitative estimate of drug-likeness (QED) is 0.768. The number of thiazole rings is 1. The highest BCUT2D eigenvalue weighted by molar-refractivity contribution is 7.13. The highest BCUT2D eigenvalue weighted by Crippen LogP contribution is 2.14. The fraction of sp³-hybridized carbons (Fsp3) is 0.154. The lowest BCUT2D eigenvalue weighted by Crippen LogP contribution is -2.34. The highest BCUT2D eigenvalue weighted by atomic mass is 32.1. The number of anilines is 1. The van der Waals surface area contributed by atoms with Crippen molar-refractivity contribution in [2.75, 3.05) is 5.73 Å². The van der Waals surface area contributed by atoms with E-state index in [-0.39, 0.29) is 6.42 Å². The van der Waals surface area contributed by atoms with E-state index < -0.39 is 17.9 Å². The van der Waals surface area contributed by atoms with Gasteiger partial charge in [-0.1, -0.05) is 30.3 Å². The molecule has 20 heavy (non-hydrogen) atoms. The highest BCUT2D eigenvalue weighted by Gasteiger charge is 2.22. The van der Waals surface area contributed by atoms with Gasteiger partial charge in [-0.25, -0.2) is 9.78 Å². The van der Waals surface area contributed by atoms with Crippen LogP contribution < -0.4 is 11.1 Å². The van der Waals surface area contributed by atoms with Crippen LogP contribution in [0.2, 0.25) is 0 Å². The lowest BCUT2D eigenvalue weighted by Gasteiger charge is -2.14. The summed E-state index contributed by atoms with van der Waals surface area (Å²) >= 11 is 1.24. The number of nitrogen functional groups attached to an aromatic ring is 1. The Morgan fingerprint density at radius 3 is 2.60 bits per heavy atom. The smallest absolute Gasteiger partial charge is 0.330 e. The molecule has 0 fully saturated rings. The molecule has 1 amide bonds. The molecule has 4 N–H and O–H groups in total. The van der Waals surface area contributed by atoms with Crippen molar-refractivity contribution in [3.63, 3.8) is 0 Å². The second-order valence-corrected chi connectivity index (χ2v) is 4.99. The zero-order valence-corrected chi connectivity index (χ0v) is 11.3. The summed E-state index contributed by atoms with van der Waals surface area (Å²) in [6.45, 7) is 0. The summed E-state index contributed by atoms with van der Waals surface area (Å²) in [5.74, 6) is -1.52. The van der Waals surface area contributed by atoms with Crippen LogP contribution in [0.15, 0.2) is 35.7 Å². The monoisotopic (exact) mass is 291 g/mol. The average molecular weight is 291 g/mol. The number of carboxylic acids is 1. The van der Waals surface area contributed by atoms with E-state index >= 15 is 0 Å². The summed E-state index contributed by atoms with van der Waals surface area (Å²) in [4.78, 5) is 27.1. The standard InChI is InChI=1S/C13H13N3O3S/c14-13-15-9(7-20-13)6-10(17)16-11(12(18)19)8-4-2-1-3-5-8/h1-5,7,11H,6H2,(H2,14,15)(H,16,17)(H,18,19). The summed E-state index contributed by atoms with van der Waals surface area (Å²) in [5, 5.41) is 13.7. The van der Waals surface area contributed by atoms with E-state index in [0.29, 0.717) is 16.4 Å². The zero-order valence-electron chi connectivity index (χ0n) is 10.4. The van der Waals surface area contributed by atoms with Crippen LogP contribution in [0.4, 0.5) is 5.13 Å². The predicted octanol–water partition coefficient (Wildman–Crippen LogP) is 1.21. The molecule has 0 aliphatic carbocycles. The molecule has 1 atom stereocenters. The molecule has 0 spiro atoms. The van der Waals surface area contributed by atoms with Gasteiger partial charge in [-0.05, 0) is 5.56 Å². The molecule has 104 valence electrons. The Labute approximate surface area is 119 Å². The van der Waals surface area contributed by atoms with Gasteiger partial charge in [0.05, 0.1) is 12.1 Å². The fourth-order valence-electron chi connectivity index (χ4n) is 1.71. The molecular weight excluding hydrogens is 278 g/mol. The number of aliphatic carboxylic acids is 1. The molecule has 2 aromatic rings. The van der Waals surface area contributed by atoms with Crippen molar-refractivity contribution in [3.05, 3.63) is 47.0 Å². The molecule has 1 unspecified atom stereocenters. The van der Waals surface area contributed by atoms with Crippen molar-refractivity contribution in [1.29, 1.82) is 0 Å². The van der Waals surface area contributed by atoms with E-state index in [9.17, 15) is 14.7 Å². The van der Waals surface area contributed by atoms with Crippen molar-refractivity contribution in [2.45, 2.75) is 12.5 Å². The Hall–Kier alpha value is -2.41. The van der Waals surface area contributed by atoms with Crippen LogP contribution >= 0.6 is 11.3 Å². The van der Waals surface area contributed by atoms with E-state index in [1.54, 1.807) is 35.7 Å². The van der Waals surface area contributed by atoms with Crippen LogP contribution in [0.5, 0.6) is 0 Å². The average Bonchev–Trinajstić information content (AvgIpc) is 2.82. The van der Waals surface area contributed by atoms with Crippen molar-refractivity contribution in [1.82, 2.24) is 10.3 Å². The number of rotatable bonds is 5. The van der Waals surface area contributed by atoms with Gasteiger partial charge in [0.1, 0.15) is 0 Å².